The van der Waals surface area contributed by atoms with E-state index in [0.717, 1.165) is 21.9 Å². The first-order valence-corrected chi connectivity index (χ1v) is 11.4. The average Bonchev–Trinajstić information content (AvgIpc) is 3.12. The van der Waals surface area contributed by atoms with Gasteiger partial charge in [-0.2, -0.15) is 0 Å². The number of fused-ring (bicyclic) bond motifs is 2. The fourth-order valence-corrected chi connectivity index (χ4v) is 4.59. The Labute approximate surface area is 175 Å². The minimum atomic E-state index is -3.70. The van der Waals surface area contributed by atoms with Crippen LogP contribution in [0.2, 0.25) is 0 Å². The minimum absolute atomic E-state index is 0.0804. The molecule has 0 spiro atoms. The van der Waals surface area contributed by atoms with Gasteiger partial charge < -0.3 is 19.5 Å². The summed E-state index contributed by atoms with van der Waals surface area (Å²) in [5.41, 5.74) is 0.754. The lowest BCUT2D eigenvalue weighted by molar-refractivity contribution is -0.120. The van der Waals surface area contributed by atoms with E-state index < -0.39 is 21.5 Å². The van der Waals surface area contributed by atoms with E-state index in [9.17, 15) is 13.2 Å². The number of hydrogen-bond acceptors (Lipinski definition) is 6. The zero-order chi connectivity index (χ0) is 21.5. The highest BCUT2D eigenvalue weighted by molar-refractivity contribution is 7.92. The largest absolute Gasteiger partial charge is 0.487 e. The van der Waals surface area contributed by atoms with Gasteiger partial charge in [0.25, 0.3) is 0 Å². The SMILES string of the molecule is CC1(C)C[C@@H](NC(=O)CN(c2ccc3c(c2)OCO3)S(C)(=O)=O)c2ccccc2O1. The Bertz CT molecular complexity index is 1080. The predicted molar refractivity (Wildman–Crippen MR) is 111 cm³/mol. The van der Waals surface area contributed by atoms with E-state index in [2.05, 4.69) is 5.32 Å². The van der Waals surface area contributed by atoms with Crippen LogP contribution in [0.3, 0.4) is 0 Å². The average molecular weight is 432 g/mol. The molecule has 1 amide bonds. The molecule has 1 atom stereocenters. The number of para-hydroxylation sites is 1. The van der Waals surface area contributed by atoms with Crippen molar-refractivity contribution in [3.05, 3.63) is 48.0 Å². The Balaban J connectivity index is 1.56. The van der Waals surface area contributed by atoms with Gasteiger partial charge in [0.1, 0.15) is 17.9 Å². The molecule has 0 fully saturated rings. The monoisotopic (exact) mass is 432 g/mol. The summed E-state index contributed by atoms with van der Waals surface area (Å²) in [5, 5.41) is 2.97. The van der Waals surface area contributed by atoms with Gasteiger partial charge in [0.05, 0.1) is 18.0 Å². The number of ether oxygens (including phenoxy) is 3. The molecule has 1 N–H and O–H groups in total. The van der Waals surface area contributed by atoms with Crippen molar-refractivity contribution in [3.8, 4) is 17.2 Å². The van der Waals surface area contributed by atoms with Crippen molar-refractivity contribution in [2.24, 2.45) is 0 Å². The van der Waals surface area contributed by atoms with Crippen molar-refractivity contribution in [2.75, 3.05) is 23.9 Å². The first-order valence-electron chi connectivity index (χ1n) is 9.57. The third-order valence-electron chi connectivity index (χ3n) is 5.04. The molecular weight excluding hydrogens is 408 g/mol. The van der Waals surface area contributed by atoms with E-state index >= 15 is 0 Å². The maximum Gasteiger partial charge on any atom is 0.241 e. The Kier molecular flexibility index (Phi) is 5.01. The lowest BCUT2D eigenvalue weighted by Gasteiger charge is -2.38. The Morgan fingerprint density at radius 3 is 2.63 bits per heavy atom. The van der Waals surface area contributed by atoms with Gasteiger partial charge in [-0.15, -0.1) is 0 Å². The second-order valence-corrected chi connectivity index (χ2v) is 9.94. The van der Waals surface area contributed by atoms with Crippen molar-refractivity contribution < 1.29 is 27.4 Å². The highest BCUT2D eigenvalue weighted by Crippen LogP contribution is 2.39. The summed E-state index contributed by atoms with van der Waals surface area (Å²) < 4.78 is 42.5. The van der Waals surface area contributed by atoms with Crippen molar-refractivity contribution >= 4 is 21.6 Å². The molecule has 4 rings (SSSR count). The summed E-state index contributed by atoms with van der Waals surface area (Å²) in [6.07, 6.45) is 1.64. The Morgan fingerprint density at radius 2 is 1.87 bits per heavy atom. The third-order valence-corrected chi connectivity index (χ3v) is 6.18. The van der Waals surface area contributed by atoms with Gasteiger partial charge in [-0.25, -0.2) is 8.42 Å². The molecule has 2 aromatic carbocycles. The molecule has 2 heterocycles. The summed E-state index contributed by atoms with van der Waals surface area (Å²) >= 11 is 0. The van der Waals surface area contributed by atoms with E-state index in [4.69, 9.17) is 14.2 Å². The van der Waals surface area contributed by atoms with Crippen molar-refractivity contribution in [2.45, 2.75) is 31.9 Å². The summed E-state index contributed by atoms with van der Waals surface area (Å²) in [6, 6.07) is 12.0. The highest BCUT2D eigenvalue weighted by Gasteiger charge is 2.35. The van der Waals surface area contributed by atoms with Crippen molar-refractivity contribution in [1.82, 2.24) is 5.32 Å². The molecule has 0 saturated heterocycles. The molecule has 0 aromatic heterocycles. The molecule has 2 aliphatic heterocycles. The van der Waals surface area contributed by atoms with Gasteiger partial charge in [-0.1, -0.05) is 18.2 Å². The van der Waals surface area contributed by atoms with Gasteiger partial charge in [0.2, 0.25) is 22.7 Å². The first-order chi connectivity index (χ1) is 14.1. The number of nitrogens with zero attached hydrogens (tertiary/aromatic N) is 1. The van der Waals surface area contributed by atoms with Gasteiger partial charge in [0, 0.05) is 18.1 Å². The van der Waals surface area contributed by atoms with E-state index in [1.807, 2.05) is 38.1 Å². The zero-order valence-corrected chi connectivity index (χ0v) is 17.9. The lowest BCUT2D eigenvalue weighted by Crippen LogP contribution is -2.45. The predicted octanol–water partition coefficient (Wildman–Crippen LogP) is 2.60. The molecule has 0 aliphatic carbocycles. The first kappa shape index (κ1) is 20.3. The number of rotatable bonds is 5. The normalized spacial score (nSPS) is 18.8. The topological polar surface area (TPSA) is 94.2 Å². The number of carbonyl (C=O) groups excluding carboxylic acids is 1. The molecule has 2 aromatic rings. The minimum Gasteiger partial charge on any atom is -0.487 e. The standard InChI is InChI=1S/C21H24N2O6S/c1-21(2)11-16(15-6-4-5-7-17(15)29-21)22-20(24)12-23(30(3,25)26)14-8-9-18-19(10-14)28-13-27-18/h4-10,16H,11-13H2,1-3H3,(H,22,24)/t16-/m1/s1. The third kappa shape index (κ3) is 4.16. The van der Waals surface area contributed by atoms with Crippen LogP contribution in [0.1, 0.15) is 31.9 Å². The van der Waals surface area contributed by atoms with Gasteiger partial charge in [0.15, 0.2) is 11.5 Å². The van der Waals surface area contributed by atoms with Crippen LogP contribution >= 0.6 is 0 Å². The fourth-order valence-electron chi connectivity index (χ4n) is 3.74. The number of amides is 1. The lowest BCUT2D eigenvalue weighted by atomic mass is 9.89. The van der Waals surface area contributed by atoms with Crippen LogP contribution in [0, 0.1) is 0 Å². The van der Waals surface area contributed by atoms with E-state index in [1.54, 1.807) is 18.2 Å². The molecule has 0 unspecified atom stereocenters. The maximum atomic E-state index is 12.9. The van der Waals surface area contributed by atoms with Crippen LogP contribution in [0.15, 0.2) is 42.5 Å². The summed E-state index contributed by atoms with van der Waals surface area (Å²) in [6.45, 7) is 3.64. The molecule has 0 bridgehead atoms. The van der Waals surface area contributed by atoms with E-state index in [-0.39, 0.29) is 19.4 Å². The quantitative estimate of drug-likeness (QED) is 0.781. The van der Waals surface area contributed by atoms with Crippen molar-refractivity contribution in [1.29, 1.82) is 0 Å². The van der Waals surface area contributed by atoms with Crippen LogP contribution in [0.4, 0.5) is 5.69 Å². The fraction of sp³-hybridized carbons (Fsp3) is 0.381. The van der Waals surface area contributed by atoms with Gasteiger partial charge in [-0.3, -0.25) is 9.10 Å². The van der Waals surface area contributed by atoms with Crippen LogP contribution in [-0.2, 0) is 14.8 Å². The molecular formula is C21H24N2O6S. The van der Waals surface area contributed by atoms with Gasteiger partial charge >= 0.3 is 0 Å². The second kappa shape index (κ2) is 7.39. The highest BCUT2D eigenvalue weighted by atomic mass is 32.2. The van der Waals surface area contributed by atoms with Crippen LogP contribution in [0.25, 0.3) is 0 Å². The number of carbonyl (C=O) groups is 1. The summed E-state index contributed by atoms with van der Waals surface area (Å²) in [4.78, 5) is 12.9. The summed E-state index contributed by atoms with van der Waals surface area (Å²) in [5.74, 6) is 1.30. The van der Waals surface area contributed by atoms with Crippen molar-refractivity contribution in [3.63, 3.8) is 0 Å². The molecule has 9 heteroatoms. The molecule has 0 radical (unpaired) electrons. The van der Waals surface area contributed by atoms with Crippen LogP contribution in [-0.4, -0.2) is 39.5 Å². The maximum absolute atomic E-state index is 12.9. The Hall–Kier alpha value is -2.94. The molecule has 30 heavy (non-hydrogen) atoms. The molecule has 2 aliphatic rings. The Morgan fingerprint density at radius 1 is 1.13 bits per heavy atom. The zero-order valence-electron chi connectivity index (χ0n) is 17.0. The number of sulfonamides is 1. The number of benzene rings is 2. The van der Waals surface area contributed by atoms with E-state index in [1.165, 1.54) is 0 Å². The molecule has 160 valence electrons. The molecule has 8 nitrogen and oxygen atoms in total. The number of hydrogen-bond donors (Lipinski definition) is 1. The number of anilines is 1. The molecule has 0 saturated carbocycles. The van der Waals surface area contributed by atoms with E-state index in [0.29, 0.717) is 23.6 Å². The second-order valence-electron chi connectivity index (χ2n) is 8.03. The summed E-state index contributed by atoms with van der Waals surface area (Å²) in [7, 11) is -3.70. The number of nitrogens with one attached hydrogen (secondary N) is 1. The van der Waals surface area contributed by atoms with Crippen LogP contribution < -0.4 is 23.8 Å². The van der Waals surface area contributed by atoms with Crippen LogP contribution in [0.5, 0.6) is 17.2 Å². The van der Waals surface area contributed by atoms with Gasteiger partial charge in [-0.05, 0) is 32.0 Å². The smallest absolute Gasteiger partial charge is 0.241 e.